The van der Waals surface area contributed by atoms with E-state index in [2.05, 4.69) is 11.8 Å². The Morgan fingerprint density at radius 2 is 0.944 bits per heavy atom. The molecule has 3 aliphatic carbocycles. The minimum atomic E-state index is 0.0704. The molecule has 2 aliphatic heterocycles. The Balaban J connectivity index is 1.10. The molecule has 2 unspecified atom stereocenters. The third-order valence-corrected chi connectivity index (χ3v) is 10.2. The molecule has 5 heteroatoms. The highest BCUT2D eigenvalue weighted by molar-refractivity contribution is 4.92. The quantitative estimate of drug-likeness (QED) is 0.335. The van der Waals surface area contributed by atoms with Crippen LogP contribution in [0.1, 0.15) is 122 Å². The Bertz CT molecular complexity index is 554. The Kier molecular flexibility index (Phi) is 10.8. The summed E-state index contributed by atoms with van der Waals surface area (Å²) in [5.74, 6) is 2.39. The van der Waals surface area contributed by atoms with Crippen LogP contribution in [0.25, 0.3) is 0 Å². The van der Waals surface area contributed by atoms with E-state index in [9.17, 15) is 0 Å². The lowest BCUT2D eigenvalue weighted by molar-refractivity contribution is -0.172. The zero-order valence-electron chi connectivity index (χ0n) is 23.3. The molecule has 2 saturated heterocycles. The SMILES string of the molecule is CC1CCC(N(C2CCC(COC3CCCCO3)CC2)C2CCC(COC3CCCCO3)CC2)CC1. The van der Waals surface area contributed by atoms with E-state index in [1.54, 1.807) is 0 Å². The van der Waals surface area contributed by atoms with E-state index in [1.807, 2.05) is 0 Å². The van der Waals surface area contributed by atoms with Gasteiger partial charge >= 0.3 is 0 Å². The first-order valence-electron chi connectivity index (χ1n) is 16.0. The van der Waals surface area contributed by atoms with Crippen LogP contribution in [0.5, 0.6) is 0 Å². The molecule has 2 heterocycles. The van der Waals surface area contributed by atoms with Gasteiger partial charge in [-0.1, -0.05) is 6.92 Å². The molecule has 36 heavy (non-hydrogen) atoms. The average molecular weight is 506 g/mol. The first-order chi connectivity index (χ1) is 17.7. The average Bonchev–Trinajstić information content (AvgIpc) is 2.94. The van der Waals surface area contributed by atoms with Crippen LogP contribution in [-0.2, 0) is 18.9 Å². The molecule has 0 amide bonds. The molecule has 5 fully saturated rings. The van der Waals surface area contributed by atoms with Gasteiger partial charge in [-0.15, -0.1) is 0 Å². The van der Waals surface area contributed by atoms with E-state index < -0.39 is 0 Å². The van der Waals surface area contributed by atoms with Gasteiger partial charge in [-0.3, -0.25) is 4.90 Å². The van der Waals surface area contributed by atoms with Gasteiger partial charge in [0.1, 0.15) is 0 Å². The second-order valence-corrected chi connectivity index (χ2v) is 13.0. The Hall–Kier alpha value is -0.200. The minimum absolute atomic E-state index is 0.0704. The topological polar surface area (TPSA) is 40.2 Å². The Morgan fingerprint density at radius 3 is 1.33 bits per heavy atom. The zero-order chi connectivity index (χ0) is 24.6. The molecule has 208 valence electrons. The normalized spacial score (nSPS) is 40.8. The smallest absolute Gasteiger partial charge is 0.157 e. The highest BCUT2D eigenvalue weighted by atomic mass is 16.7. The maximum absolute atomic E-state index is 6.18. The lowest BCUT2D eigenvalue weighted by Gasteiger charge is -2.49. The van der Waals surface area contributed by atoms with Crippen molar-refractivity contribution in [2.75, 3.05) is 26.4 Å². The lowest BCUT2D eigenvalue weighted by atomic mass is 9.78. The van der Waals surface area contributed by atoms with Crippen LogP contribution in [-0.4, -0.2) is 62.0 Å². The van der Waals surface area contributed by atoms with Crippen molar-refractivity contribution in [3.05, 3.63) is 0 Å². The summed E-state index contributed by atoms with van der Waals surface area (Å²) in [5.41, 5.74) is 0. The largest absolute Gasteiger partial charge is 0.353 e. The molecule has 0 radical (unpaired) electrons. The summed E-state index contributed by atoms with van der Waals surface area (Å²) < 4.78 is 24.0. The van der Waals surface area contributed by atoms with Gasteiger partial charge in [0.25, 0.3) is 0 Å². The van der Waals surface area contributed by atoms with Gasteiger partial charge in [0, 0.05) is 31.3 Å². The molecule has 0 aromatic rings. The van der Waals surface area contributed by atoms with Crippen LogP contribution >= 0.6 is 0 Å². The summed E-state index contributed by atoms with van der Waals surface area (Å²) >= 11 is 0. The van der Waals surface area contributed by atoms with Crippen molar-refractivity contribution < 1.29 is 18.9 Å². The summed E-state index contributed by atoms with van der Waals surface area (Å²) in [7, 11) is 0. The van der Waals surface area contributed by atoms with Gasteiger partial charge in [0.05, 0.1) is 13.2 Å². The van der Waals surface area contributed by atoms with E-state index in [-0.39, 0.29) is 12.6 Å². The van der Waals surface area contributed by atoms with E-state index in [1.165, 1.54) is 103 Å². The molecular formula is C31H55NO4. The van der Waals surface area contributed by atoms with Gasteiger partial charge in [-0.2, -0.15) is 0 Å². The number of ether oxygens (including phenoxy) is 4. The van der Waals surface area contributed by atoms with Gasteiger partial charge in [0.2, 0.25) is 0 Å². The van der Waals surface area contributed by atoms with Gasteiger partial charge in [-0.25, -0.2) is 0 Å². The van der Waals surface area contributed by atoms with Crippen LogP contribution in [0.2, 0.25) is 0 Å². The molecule has 0 spiro atoms. The molecule has 3 saturated carbocycles. The fourth-order valence-corrected chi connectivity index (χ4v) is 7.83. The predicted molar refractivity (Wildman–Crippen MR) is 144 cm³/mol. The molecule has 5 aliphatic rings. The lowest BCUT2D eigenvalue weighted by Crippen LogP contribution is -2.53. The minimum Gasteiger partial charge on any atom is -0.353 e. The van der Waals surface area contributed by atoms with Crippen molar-refractivity contribution in [3.63, 3.8) is 0 Å². The fraction of sp³-hybridized carbons (Fsp3) is 1.00. The van der Waals surface area contributed by atoms with Crippen LogP contribution < -0.4 is 0 Å². The first kappa shape index (κ1) is 27.4. The van der Waals surface area contributed by atoms with Crippen LogP contribution in [0.15, 0.2) is 0 Å². The van der Waals surface area contributed by atoms with Crippen LogP contribution in [0.3, 0.4) is 0 Å². The Morgan fingerprint density at radius 1 is 0.528 bits per heavy atom. The van der Waals surface area contributed by atoms with E-state index >= 15 is 0 Å². The molecule has 5 nitrogen and oxygen atoms in total. The maximum atomic E-state index is 6.18. The second kappa shape index (κ2) is 14.3. The highest BCUT2D eigenvalue weighted by Crippen LogP contribution is 2.39. The molecular weight excluding hydrogens is 450 g/mol. The summed E-state index contributed by atoms with van der Waals surface area (Å²) in [6.45, 7) is 6.05. The van der Waals surface area contributed by atoms with Crippen LogP contribution in [0, 0.1) is 17.8 Å². The second-order valence-electron chi connectivity index (χ2n) is 13.0. The highest BCUT2D eigenvalue weighted by Gasteiger charge is 2.38. The summed E-state index contributed by atoms with van der Waals surface area (Å²) in [6, 6.07) is 2.40. The van der Waals surface area contributed by atoms with Gasteiger partial charge in [0.15, 0.2) is 12.6 Å². The maximum Gasteiger partial charge on any atom is 0.157 e. The van der Waals surface area contributed by atoms with Crippen molar-refractivity contribution in [3.8, 4) is 0 Å². The van der Waals surface area contributed by atoms with Crippen LogP contribution in [0.4, 0.5) is 0 Å². The fourth-order valence-electron chi connectivity index (χ4n) is 7.83. The van der Waals surface area contributed by atoms with Gasteiger partial charge < -0.3 is 18.9 Å². The number of nitrogens with zero attached hydrogens (tertiary/aromatic N) is 1. The molecule has 2 atom stereocenters. The van der Waals surface area contributed by atoms with E-state index in [0.29, 0.717) is 0 Å². The molecule has 0 N–H and O–H groups in total. The van der Waals surface area contributed by atoms with Gasteiger partial charge in [-0.05, 0) is 133 Å². The van der Waals surface area contributed by atoms with E-state index in [0.717, 1.165) is 75.1 Å². The number of hydrogen-bond donors (Lipinski definition) is 0. The number of rotatable bonds is 9. The molecule has 0 aromatic carbocycles. The summed E-state index contributed by atoms with van der Waals surface area (Å²) in [5, 5.41) is 0. The monoisotopic (exact) mass is 505 g/mol. The van der Waals surface area contributed by atoms with Crippen molar-refractivity contribution in [1.82, 2.24) is 4.90 Å². The predicted octanol–water partition coefficient (Wildman–Crippen LogP) is 7.07. The first-order valence-corrected chi connectivity index (χ1v) is 16.0. The third kappa shape index (κ3) is 7.91. The zero-order valence-corrected chi connectivity index (χ0v) is 23.3. The van der Waals surface area contributed by atoms with Crippen molar-refractivity contribution in [2.45, 2.75) is 153 Å². The summed E-state index contributed by atoms with van der Waals surface area (Å²) in [4.78, 5) is 3.09. The number of hydrogen-bond acceptors (Lipinski definition) is 5. The summed E-state index contributed by atoms with van der Waals surface area (Å²) in [6.07, 6.45) is 23.7. The Labute approximate surface area is 221 Å². The van der Waals surface area contributed by atoms with Crippen molar-refractivity contribution >= 4 is 0 Å². The van der Waals surface area contributed by atoms with Crippen molar-refractivity contribution in [1.29, 1.82) is 0 Å². The molecule has 5 rings (SSSR count). The third-order valence-electron chi connectivity index (χ3n) is 10.2. The van der Waals surface area contributed by atoms with Crippen molar-refractivity contribution in [2.24, 2.45) is 17.8 Å². The molecule has 0 aromatic heterocycles. The molecule has 0 bridgehead atoms. The standard InChI is InChI=1S/C31H55NO4/c1-24-8-14-27(15-9-24)32(28-16-10-25(11-17-28)22-35-30-6-2-4-20-33-30)29-18-12-26(13-19-29)23-36-31-7-3-5-21-34-31/h24-31H,2-23H2,1H3. The van der Waals surface area contributed by atoms with E-state index in [4.69, 9.17) is 18.9 Å².